The van der Waals surface area contributed by atoms with E-state index in [0.717, 1.165) is 88.5 Å². The molecule has 3 aromatic rings. The normalized spacial score (nSPS) is 26.3. The van der Waals surface area contributed by atoms with Crippen molar-refractivity contribution in [1.29, 1.82) is 0 Å². The second kappa shape index (κ2) is 14.3. The maximum absolute atomic E-state index is 11.7. The Morgan fingerprint density at radius 1 is 1.15 bits per heavy atom. The van der Waals surface area contributed by atoms with Crippen LogP contribution in [0.1, 0.15) is 101 Å². The van der Waals surface area contributed by atoms with Crippen LogP contribution in [-0.4, -0.2) is 68.4 Å². The highest BCUT2D eigenvalue weighted by molar-refractivity contribution is 5.70. The molecule has 6 rings (SSSR count). The number of rotatable bonds is 11. The number of aliphatic carboxylic acids is 1. The van der Waals surface area contributed by atoms with Gasteiger partial charge in [0.1, 0.15) is 5.82 Å². The largest absolute Gasteiger partial charge is 0.481 e. The number of aryl methyl sites for hydroxylation is 2. The summed E-state index contributed by atoms with van der Waals surface area (Å²) in [7, 11) is 4.14. The minimum atomic E-state index is -0.650. The number of benzene rings is 1. The van der Waals surface area contributed by atoms with Crippen LogP contribution in [0.3, 0.4) is 0 Å². The van der Waals surface area contributed by atoms with Crippen LogP contribution in [0.15, 0.2) is 42.7 Å². The molecule has 2 aliphatic carbocycles. The van der Waals surface area contributed by atoms with Gasteiger partial charge < -0.3 is 20.2 Å². The number of fused-ring (bicyclic) bond motifs is 1. The SMILES string of the molecule is CC[C@H](C1CCC(C(=O)O)CC1)N(C)c1nc2c(c(N[C@@H](CN3CCC[C@H](C)C3)c3cnn(C)c3)n1)C[C@](C)(c1ccccc1)CC2. The first kappa shape index (κ1) is 33.4. The highest BCUT2D eigenvalue weighted by Crippen LogP contribution is 2.42. The van der Waals surface area contributed by atoms with E-state index in [9.17, 15) is 9.90 Å². The van der Waals surface area contributed by atoms with Crippen molar-refractivity contribution < 1.29 is 9.90 Å². The molecular formula is C38H55N7O2. The molecule has 0 unspecified atom stereocenters. The monoisotopic (exact) mass is 641 g/mol. The smallest absolute Gasteiger partial charge is 0.306 e. The summed E-state index contributed by atoms with van der Waals surface area (Å²) < 4.78 is 1.90. The number of hydrogen-bond donors (Lipinski definition) is 2. The van der Waals surface area contributed by atoms with Crippen molar-refractivity contribution in [2.24, 2.45) is 24.8 Å². The fraction of sp³-hybridized carbons (Fsp3) is 0.632. The Morgan fingerprint density at radius 2 is 1.91 bits per heavy atom. The Kier molecular flexibility index (Phi) is 10.2. The summed E-state index contributed by atoms with van der Waals surface area (Å²) in [6.45, 7) is 10.1. The van der Waals surface area contributed by atoms with E-state index < -0.39 is 5.97 Å². The van der Waals surface area contributed by atoms with Gasteiger partial charge in [-0.3, -0.25) is 9.48 Å². The number of hydrogen-bond acceptors (Lipinski definition) is 7. The molecule has 47 heavy (non-hydrogen) atoms. The molecule has 2 fully saturated rings. The number of piperidine rings is 1. The molecular weight excluding hydrogens is 586 g/mol. The molecule has 9 heteroatoms. The number of carboxylic acids is 1. The van der Waals surface area contributed by atoms with Gasteiger partial charge in [-0.2, -0.15) is 10.1 Å². The molecule has 0 radical (unpaired) electrons. The van der Waals surface area contributed by atoms with Crippen LogP contribution in [0.25, 0.3) is 0 Å². The summed E-state index contributed by atoms with van der Waals surface area (Å²) >= 11 is 0. The van der Waals surface area contributed by atoms with Crippen molar-refractivity contribution in [2.45, 2.75) is 102 Å². The van der Waals surface area contributed by atoms with Crippen LogP contribution in [0, 0.1) is 17.8 Å². The van der Waals surface area contributed by atoms with Gasteiger partial charge in [0.25, 0.3) is 0 Å². The quantitative estimate of drug-likeness (QED) is 0.240. The van der Waals surface area contributed by atoms with Gasteiger partial charge in [-0.05, 0) is 93.6 Å². The second-order valence-electron chi connectivity index (χ2n) is 15.1. The number of aromatic nitrogens is 4. The Bertz CT molecular complexity index is 1500. The van der Waals surface area contributed by atoms with E-state index in [1.807, 2.05) is 17.9 Å². The van der Waals surface area contributed by atoms with Crippen molar-refractivity contribution >= 4 is 17.7 Å². The zero-order valence-electron chi connectivity index (χ0n) is 29.2. The van der Waals surface area contributed by atoms with E-state index in [0.29, 0.717) is 11.8 Å². The lowest BCUT2D eigenvalue weighted by Crippen LogP contribution is -2.42. The highest BCUT2D eigenvalue weighted by Gasteiger charge is 2.37. The summed E-state index contributed by atoms with van der Waals surface area (Å²) in [4.78, 5) is 27.3. The molecule has 1 aromatic carbocycles. The van der Waals surface area contributed by atoms with Crippen LogP contribution in [0.2, 0.25) is 0 Å². The zero-order valence-corrected chi connectivity index (χ0v) is 29.2. The van der Waals surface area contributed by atoms with Gasteiger partial charge in [0, 0.05) is 50.6 Å². The second-order valence-corrected chi connectivity index (χ2v) is 15.1. The fourth-order valence-electron chi connectivity index (χ4n) is 8.70. The first-order valence-corrected chi connectivity index (χ1v) is 18.0. The molecule has 9 nitrogen and oxygen atoms in total. The van der Waals surface area contributed by atoms with Crippen molar-refractivity contribution in [3.63, 3.8) is 0 Å². The molecule has 1 aliphatic heterocycles. The lowest BCUT2D eigenvalue weighted by molar-refractivity contribution is -0.143. The van der Waals surface area contributed by atoms with E-state index in [1.165, 1.54) is 29.5 Å². The Labute approximate surface area is 281 Å². The number of carbonyl (C=O) groups is 1. The first-order valence-electron chi connectivity index (χ1n) is 18.0. The predicted molar refractivity (Wildman–Crippen MR) is 188 cm³/mol. The lowest BCUT2D eigenvalue weighted by Gasteiger charge is -2.40. The number of likely N-dealkylation sites (tertiary alicyclic amines) is 1. The Hall–Kier alpha value is -3.46. The minimum absolute atomic E-state index is 0.00228. The van der Waals surface area contributed by atoms with E-state index in [-0.39, 0.29) is 23.4 Å². The summed E-state index contributed by atoms with van der Waals surface area (Å²) in [6, 6.07) is 11.2. The fourth-order valence-corrected chi connectivity index (χ4v) is 8.70. The van der Waals surface area contributed by atoms with Gasteiger partial charge in [0.05, 0.1) is 23.9 Å². The van der Waals surface area contributed by atoms with E-state index >= 15 is 0 Å². The number of nitrogens with one attached hydrogen (secondary N) is 1. The molecule has 3 aliphatic rings. The van der Waals surface area contributed by atoms with Crippen LogP contribution in [0.5, 0.6) is 0 Å². The van der Waals surface area contributed by atoms with Crippen molar-refractivity contribution in [2.75, 3.05) is 36.9 Å². The molecule has 1 saturated carbocycles. The molecule has 1 saturated heterocycles. The molecule has 4 atom stereocenters. The molecule has 0 bridgehead atoms. The van der Waals surface area contributed by atoms with Crippen LogP contribution in [0.4, 0.5) is 11.8 Å². The molecule has 2 aromatic heterocycles. The summed E-state index contributed by atoms with van der Waals surface area (Å²) in [5.41, 5.74) is 4.93. The van der Waals surface area contributed by atoms with E-state index in [4.69, 9.17) is 9.97 Å². The van der Waals surface area contributed by atoms with Gasteiger partial charge in [0.15, 0.2) is 0 Å². The zero-order chi connectivity index (χ0) is 33.1. The summed E-state index contributed by atoms with van der Waals surface area (Å²) in [5, 5.41) is 18.2. The molecule has 0 spiro atoms. The molecule has 3 heterocycles. The van der Waals surface area contributed by atoms with E-state index in [2.05, 4.69) is 84.6 Å². The number of anilines is 2. The topological polar surface area (TPSA) is 99.4 Å². The van der Waals surface area contributed by atoms with Crippen molar-refractivity contribution in [3.05, 3.63) is 65.1 Å². The van der Waals surface area contributed by atoms with Crippen molar-refractivity contribution in [3.8, 4) is 0 Å². The van der Waals surface area contributed by atoms with Gasteiger partial charge in [-0.25, -0.2) is 4.98 Å². The van der Waals surface area contributed by atoms with Crippen LogP contribution in [-0.2, 0) is 30.1 Å². The third-order valence-corrected chi connectivity index (χ3v) is 11.5. The number of carboxylic acid groups (broad SMARTS) is 1. The Balaban J connectivity index is 1.35. The third kappa shape index (κ3) is 7.50. The standard InChI is InChI=1S/C38H55N7O2/c1-6-34(27-14-16-28(17-15-27)36(46)47)44(5)37-41-32-18-19-38(3,30-12-8-7-9-13-30)21-31(32)35(42-37)40-33(29-22-39-43(4)24-29)25-45-20-10-11-26(2)23-45/h7-9,12-13,22,24,26-28,33-34H,6,10-11,14-21,23,25H2,1-5H3,(H,46,47)(H,40,41,42)/t26-,27?,28?,33-,34+,38+/m0/s1. The maximum Gasteiger partial charge on any atom is 0.306 e. The first-order chi connectivity index (χ1) is 22.6. The van der Waals surface area contributed by atoms with Gasteiger partial charge in [0.2, 0.25) is 5.95 Å². The van der Waals surface area contributed by atoms with Gasteiger partial charge >= 0.3 is 5.97 Å². The molecule has 254 valence electrons. The lowest BCUT2D eigenvalue weighted by atomic mass is 9.70. The van der Waals surface area contributed by atoms with Crippen LogP contribution < -0.4 is 10.2 Å². The maximum atomic E-state index is 11.7. The minimum Gasteiger partial charge on any atom is -0.481 e. The van der Waals surface area contributed by atoms with E-state index in [1.54, 1.807) is 0 Å². The van der Waals surface area contributed by atoms with Crippen LogP contribution >= 0.6 is 0 Å². The highest BCUT2D eigenvalue weighted by atomic mass is 16.4. The predicted octanol–water partition coefficient (Wildman–Crippen LogP) is 6.65. The third-order valence-electron chi connectivity index (χ3n) is 11.5. The number of nitrogens with zero attached hydrogens (tertiary/aromatic N) is 6. The molecule has 0 amide bonds. The average molecular weight is 642 g/mol. The average Bonchev–Trinajstić information content (AvgIpc) is 3.51. The summed E-state index contributed by atoms with van der Waals surface area (Å²) in [5.74, 6) is 2.00. The van der Waals surface area contributed by atoms with Gasteiger partial charge in [-0.1, -0.05) is 51.1 Å². The van der Waals surface area contributed by atoms with Gasteiger partial charge in [-0.15, -0.1) is 0 Å². The van der Waals surface area contributed by atoms with Crippen molar-refractivity contribution in [1.82, 2.24) is 24.6 Å². The molecule has 2 N–H and O–H groups in total. The summed E-state index contributed by atoms with van der Waals surface area (Å²) in [6.07, 6.45) is 13.8. The Morgan fingerprint density at radius 3 is 2.57 bits per heavy atom.